The summed E-state index contributed by atoms with van der Waals surface area (Å²) in [5, 5.41) is 0. The van der Waals surface area contributed by atoms with Gasteiger partial charge in [-0.2, -0.15) is 0 Å². The summed E-state index contributed by atoms with van der Waals surface area (Å²) in [6.07, 6.45) is 2.92. The van der Waals surface area contributed by atoms with Crippen molar-refractivity contribution < 1.29 is 0 Å². The third-order valence-corrected chi connectivity index (χ3v) is 3.10. The van der Waals surface area contributed by atoms with Crippen molar-refractivity contribution in [2.45, 2.75) is 58.9 Å². The van der Waals surface area contributed by atoms with Crippen molar-refractivity contribution in [2.75, 3.05) is 5.73 Å². The van der Waals surface area contributed by atoms with E-state index in [4.69, 9.17) is 10.7 Å². The second-order valence-electron chi connectivity index (χ2n) is 5.66. The molecule has 2 N–H and O–H groups in total. The smallest absolute Gasteiger partial charge is 0.127 e. The van der Waals surface area contributed by atoms with E-state index in [1.165, 1.54) is 0 Å². The number of hydrogen-bond acceptors (Lipinski definition) is 2. The maximum Gasteiger partial charge on any atom is 0.127 e. The standard InChI is InChI=1S/C14H25N3/c1-7-9-17-12(15)11(10(3)8-2)16-13(17)14(4,5)6/h7,10H,1,8-9,15H2,2-6H3. The van der Waals surface area contributed by atoms with Gasteiger partial charge in [0.05, 0.1) is 5.69 Å². The molecule has 0 aliphatic rings. The molecule has 1 aromatic heterocycles. The number of imidazole rings is 1. The van der Waals surface area contributed by atoms with Crippen LogP contribution >= 0.6 is 0 Å². The number of allylic oxidation sites excluding steroid dienone is 1. The zero-order chi connectivity index (χ0) is 13.2. The lowest BCUT2D eigenvalue weighted by Crippen LogP contribution is -2.19. The molecule has 17 heavy (non-hydrogen) atoms. The maximum atomic E-state index is 6.22. The van der Waals surface area contributed by atoms with Crippen molar-refractivity contribution in [2.24, 2.45) is 0 Å². The van der Waals surface area contributed by atoms with E-state index in [1.54, 1.807) is 0 Å². The van der Waals surface area contributed by atoms with E-state index in [2.05, 4.69) is 45.8 Å². The summed E-state index contributed by atoms with van der Waals surface area (Å²) in [5.41, 5.74) is 7.25. The Morgan fingerprint density at radius 2 is 2.06 bits per heavy atom. The normalized spacial score (nSPS) is 13.7. The summed E-state index contributed by atoms with van der Waals surface area (Å²) >= 11 is 0. The van der Waals surface area contributed by atoms with Gasteiger partial charge in [0.15, 0.2) is 0 Å². The van der Waals surface area contributed by atoms with Crippen LogP contribution in [-0.4, -0.2) is 9.55 Å². The molecule has 1 aromatic rings. The first kappa shape index (κ1) is 13.8. The van der Waals surface area contributed by atoms with E-state index < -0.39 is 0 Å². The van der Waals surface area contributed by atoms with Crippen LogP contribution in [0.1, 0.15) is 58.5 Å². The van der Waals surface area contributed by atoms with Crippen molar-refractivity contribution in [1.29, 1.82) is 0 Å². The molecule has 0 bridgehead atoms. The minimum atomic E-state index is 0.00282. The zero-order valence-electron chi connectivity index (χ0n) is 11.7. The highest BCUT2D eigenvalue weighted by Gasteiger charge is 2.25. The third-order valence-electron chi connectivity index (χ3n) is 3.10. The average Bonchev–Trinajstić information content (AvgIpc) is 2.56. The Morgan fingerprint density at radius 3 is 2.47 bits per heavy atom. The Labute approximate surface area is 105 Å². The van der Waals surface area contributed by atoms with E-state index in [1.807, 2.05) is 6.08 Å². The Balaban J connectivity index is 3.34. The monoisotopic (exact) mass is 235 g/mol. The fourth-order valence-corrected chi connectivity index (χ4v) is 1.93. The molecule has 0 spiro atoms. The second-order valence-corrected chi connectivity index (χ2v) is 5.66. The first-order chi connectivity index (χ1) is 7.82. The molecule has 1 atom stereocenters. The molecule has 3 heteroatoms. The molecule has 1 rings (SSSR count). The van der Waals surface area contributed by atoms with Gasteiger partial charge in [-0.15, -0.1) is 6.58 Å². The number of hydrogen-bond donors (Lipinski definition) is 1. The fraction of sp³-hybridized carbons (Fsp3) is 0.643. The van der Waals surface area contributed by atoms with Gasteiger partial charge in [-0.3, -0.25) is 0 Å². The SMILES string of the molecule is C=CCn1c(C(C)(C)C)nc(C(C)CC)c1N. The molecule has 0 fully saturated rings. The Bertz CT molecular complexity index is 396. The highest BCUT2D eigenvalue weighted by Crippen LogP contribution is 2.30. The summed E-state index contributed by atoms with van der Waals surface area (Å²) in [6.45, 7) is 15.3. The maximum absolute atomic E-state index is 6.22. The molecule has 1 unspecified atom stereocenters. The lowest BCUT2D eigenvalue weighted by molar-refractivity contribution is 0.514. The minimum absolute atomic E-state index is 0.00282. The van der Waals surface area contributed by atoms with Gasteiger partial charge in [-0.25, -0.2) is 4.98 Å². The van der Waals surface area contributed by atoms with E-state index in [9.17, 15) is 0 Å². The number of anilines is 1. The first-order valence-electron chi connectivity index (χ1n) is 6.30. The third kappa shape index (κ3) is 2.71. The van der Waals surface area contributed by atoms with Gasteiger partial charge in [0.25, 0.3) is 0 Å². The van der Waals surface area contributed by atoms with Crippen LogP contribution in [0.25, 0.3) is 0 Å². The van der Waals surface area contributed by atoms with E-state index in [-0.39, 0.29) is 5.41 Å². The van der Waals surface area contributed by atoms with E-state index in [0.29, 0.717) is 5.92 Å². The van der Waals surface area contributed by atoms with Gasteiger partial charge in [0.1, 0.15) is 11.6 Å². The molecule has 1 heterocycles. The van der Waals surface area contributed by atoms with Crippen LogP contribution < -0.4 is 5.73 Å². The highest BCUT2D eigenvalue weighted by molar-refractivity contribution is 5.42. The Hall–Kier alpha value is -1.25. The number of nitrogen functional groups attached to an aromatic ring is 1. The van der Waals surface area contributed by atoms with Crippen LogP contribution in [0.15, 0.2) is 12.7 Å². The van der Waals surface area contributed by atoms with Crippen LogP contribution in [0, 0.1) is 0 Å². The van der Waals surface area contributed by atoms with E-state index in [0.717, 1.165) is 30.3 Å². The van der Waals surface area contributed by atoms with Crippen LogP contribution in [0.3, 0.4) is 0 Å². The van der Waals surface area contributed by atoms with Crippen LogP contribution in [0.4, 0.5) is 5.82 Å². The van der Waals surface area contributed by atoms with Crippen LogP contribution in [-0.2, 0) is 12.0 Å². The summed E-state index contributed by atoms with van der Waals surface area (Å²) in [6, 6.07) is 0. The summed E-state index contributed by atoms with van der Waals surface area (Å²) in [5.74, 6) is 2.25. The quantitative estimate of drug-likeness (QED) is 0.812. The molecule has 0 saturated carbocycles. The van der Waals surface area contributed by atoms with Gasteiger partial charge in [-0.1, -0.05) is 40.7 Å². The van der Waals surface area contributed by atoms with Crippen molar-refractivity contribution in [1.82, 2.24) is 9.55 Å². The Morgan fingerprint density at radius 1 is 1.47 bits per heavy atom. The van der Waals surface area contributed by atoms with Crippen molar-refractivity contribution >= 4 is 5.82 Å². The number of rotatable bonds is 4. The minimum Gasteiger partial charge on any atom is -0.384 e. The largest absolute Gasteiger partial charge is 0.384 e. The topological polar surface area (TPSA) is 43.8 Å². The van der Waals surface area contributed by atoms with Crippen molar-refractivity contribution in [3.63, 3.8) is 0 Å². The molecule has 3 nitrogen and oxygen atoms in total. The Kier molecular flexibility index (Phi) is 4.02. The molecule has 0 aliphatic heterocycles. The second kappa shape index (κ2) is 4.94. The highest BCUT2D eigenvalue weighted by atomic mass is 15.1. The predicted octanol–water partition coefficient (Wildman–Crippen LogP) is 3.46. The summed E-state index contributed by atoms with van der Waals surface area (Å²) in [4.78, 5) is 4.76. The number of aromatic nitrogens is 2. The summed E-state index contributed by atoms with van der Waals surface area (Å²) in [7, 11) is 0. The molecule has 0 amide bonds. The average molecular weight is 235 g/mol. The summed E-state index contributed by atoms with van der Waals surface area (Å²) < 4.78 is 2.08. The van der Waals surface area contributed by atoms with Gasteiger partial charge in [0, 0.05) is 17.9 Å². The molecule has 0 radical (unpaired) electrons. The van der Waals surface area contributed by atoms with Crippen molar-refractivity contribution in [3.05, 3.63) is 24.2 Å². The zero-order valence-corrected chi connectivity index (χ0v) is 11.7. The van der Waals surface area contributed by atoms with Crippen LogP contribution in [0.5, 0.6) is 0 Å². The number of nitrogens with zero attached hydrogens (tertiary/aromatic N) is 2. The lowest BCUT2D eigenvalue weighted by Gasteiger charge is -2.19. The van der Waals surface area contributed by atoms with Gasteiger partial charge in [-0.05, 0) is 6.42 Å². The van der Waals surface area contributed by atoms with Gasteiger partial charge >= 0.3 is 0 Å². The van der Waals surface area contributed by atoms with E-state index >= 15 is 0 Å². The molecular weight excluding hydrogens is 210 g/mol. The van der Waals surface area contributed by atoms with Crippen LogP contribution in [0.2, 0.25) is 0 Å². The van der Waals surface area contributed by atoms with Gasteiger partial charge < -0.3 is 10.3 Å². The number of nitrogens with two attached hydrogens (primary N) is 1. The van der Waals surface area contributed by atoms with Crippen molar-refractivity contribution in [3.8, 4) is 0 Å². The first-order valence-corrected chi connectivity index (χ1v) is 6.30. The lowest BCUT2D eigenvalue weighted by atomic mass is 9.95. The molecular formula is C14H25N3. The van der Waals surface area contributed by atoms with Gasteiger partial charge in [0.2, 0.25) is 0 Å². The molecule has 96 valence electrons. The molecule has 0 aliphatic carbocycles. The predicted molar refractivity (Wildman–Crippen MR) is 74.2 cm³/mol. The fourth-order valence-electron chi connectivity index (χ4n) is 1.93. The molecule has 0 aromatic carbocycles. The molecule has 0 saturated heterocycles.